The van der Waals surface area contributed by atoms with Gasteiger partial charge in [0, 0.05) is 19.7 Å². The molecule has 0 atom stereocenters. The molecule has 1 aromatic carbocycles. The zero-order valence-electron chi connectivity index (χ0n) is 11.8. The van der Waals surface area contributed by atoms with Gasteiger partial charge in [-0.15, -0.1) is 0 Å². The van der Waals surface area contributed by atoms with E-state index in [1.165, 1.54) is 37.4 Å². The quantitative estimate of drug-likeness (QED) is 0.623. The van der Waals surface area contributed by atoms with Crippen LogP contribution in [0.25, 0.3) is 0 Å². The minimum absolute atomic E-state index is 0.0399. The van der Waals surface area contributed by atoms with Gasteiger partial charge in [0.15, 0.2) is 0 Å². The molecule has 1 aromatic heterocycles. The van der Waals surface area contributed by atoms with Gasteiger partial charge in [0.2, 0.25) is 0 Å². The molecule has 0 saturated heterocycles. The molecule has 23 heavy (non-hydrogen) atoms. The summed E-state index contributed by atoms with van der Waals surface area (Å²) in [4.78, 5) is 23.4. The number of hydrogen-bond acceptors (Lipinski definition) is 4. The molecule has 0 aliphatic rings. The van der Waals surface area contributed by atoms with E-state index < -0.39 is 22.6 Å². The predicted molar refractivity (Wildman–Crippen MR) is 78.2 cm³/mol. The van der Waals surface area contributed by atoms with Crippen molar-refractivity contribution < 1.29 is 22.9 Å². The molecule has 0 aliphatic heterocycles. The number of nitro groups is 1. The molecular formula is C14H11F3N2O3S. The van der Waals surface area contributed by atoms with Gasteiger partial charge in [0.1, 0.15) is 0 Å². The van der Waals surface area contributed by atoms with E-state index in [1.54, 1.807) is 0 Å². The first kappa shape index (κ1) is 16.9. The Hall–Kier alpha value is -2.42. The van der Waals surface area contributed by atoms with Gasteiger partial charge in [-0.05, 0) is 17.7 Å². The number of nitrogens with zero attached hydrogens (tertiary/aromatic N) is 2. The van der Waals surface area contributed by atoms with Crippen molar-refractivity contribution in [1.29, 1.82) is 0 Å². The maximum Gasteiger partial charge on any atom is 0.416 e. The molecule has 0 N–H and O–H groups in total. The summed E-state index contributed by atoms with van der Waals surface area (Å²) in [5.41, 5.74) is -0.848. The third kappa shape index (κ3) is 3.86. The average molecular weight is 344 g/mol. The Kier molecular flexibility index (Phi) is 4.69. The van der Waals surface area contributed by atoms with Gasteiger partial charge in [0.05, 0.1) is 15.4 Å². The fourth-order valence-electron chi connectivity index (χ4n) is 1.99. The van der Waals surface area contributed by atoms with Crippen LogP contribution in [-0.2, 0) is 12.7 Å². The summed E-state index contributed by atoms with van der Waals surface area (Å²) >= 11 is 0.685. The Morgan fingerprint density at radius 3 is 2.48 bits per heavy atom. The van der Waals surface area contributed by atoms with Crippen LogP contribution in [0.3, 0.4) is 0 Å². The van der Waals surface area contributed by atoms with Gasteiger partial charge in [-0.25, -0.2) is 0 Å². The number of amides is 1. The van der Waals surface area contributed by atoms with Gasteiger partial charge in [-0.3, -0.25) is 14.9 Å². The van der Waals surface area contributed by atoms with Crippen molar-refractivity contribution >= 4 is 22.2 Å². The maximum atomic E-state index is 12.9. The minimum atomic E-state index is -4.51. The van der Waals surface area contributed by atoms with E-state index in [9.17, 15) is 28.1 Å². The van der Waals surface area contributed by atoms with Gasteiger partial charge in [0.25, 0.3) is 5.91 Å². The van der Waals surface area contributed by atoms with Gasteiger partial charge in [-0.1, -0.05) is 29.5 Å². The number of thiophene rings is 1. The molecule has 1 amide bonds. The number of benzene rings is 1. The highest BCUT2D eigenvalue weighted by Crippen LogP contribution is 2.32. The van der Waals surface area contributed by atoms with Crippen LogP contribution in [-0.4, -0.2) is 22.8 Å². The Balaban J connectivity index is 2.20. The van der Waals surface area contributed by atoms with Crippen molar-refractivity contribution in [3.05, 3.63) is 62.5 Å². The van der Waals surface area contributed by atoms with Crippen molar-refractivity contribution in [2.24, 2.45) is 0 Å². The van der Waals surface area contributed by atoms with Gasteiger partial charge in [-0.2, -0.15) is 13.2 Å². The van der Waals surface area contributed by atoms with E-state index in [0.29, 0.717) is 11.3 Å². The molecule has 1 heterocycles. The smallest absolute Gasteiger partial charge is 0.337 e. The second kappa shape index (κ2) is 6.37. The first-order valence-electron chi connectivity index (χ1n) is 6.35. The van der Waals surface area contributed by atoms with Crippen LogP contribution in [0.1, 0.15) is 20.8 Å². The third-order valence-corrected chi connectivity index (χ3v) is 4.08. The highest BCUT2D eigenvalue weighted by atomic mass is 32.1. The molecule has 0 unspecified atom stereocenters. The second-order valence-electron chi connectivity index (χ2n) is 4.71. The predicted octanol–water partition coefficient (Wildman–Crippen LogP) is 3.95. The highest BCUT2D eigenvalue weighted by Gasteiger charge is 2.33. The van der Waals surface area contributed by atoms with Crippen molar-refractivity contribution in [3.8, 4) is 0 Å². The third-order valence-electron chi connectivity index (χ3n) is 3.06. The molecule has 0 aliphatic carbocycles. The fourth-order valence-corrected chi connectivity index (χ4v) is 2.81. The lowest BCUT2D eigenvalue weighted by Crippen LogP contribution is -2.26. The van der Waals surface area contributed by atoms with Gasteiger partial charge < -0.3 is 4.90 Å². The van der Waals surface area contributed by atoms with Crippen LogP contribution in [0, 0.1) is 10.1 Å². The van der Waals surface area contributed by atoms with E-state index in [0.717, 1.165) is 11.0 Å². The van der Waals surface area contributed by atoms with Crippen molar-refractivity contribution in [3.63, 3.8) is 0 Å². The number of rotatable bonds is 4. The van der Waals surface area contributed by atoms with Crippen LogP contribution in [0.15, 0.2) is 36.4 Å². The molecule has 9 heteroatoms. The summed E-state index contributed by atoms with van der Waals surface area (Å²) < 4.78 is 38.8. The first-order valence-corrected chi connectivity index (χ1v) is 7.16. The molecule has 0 spiro atoms. The molecule has 2 rings (SSSR count). The molecule has 122 valence electrons. The summed E-state index contributed by atoms with van der Waals surface area (Å²) in [6.45, 7) is -0.250. The zero-order chi connectivity index (χ0) is 17.2. The van der Waals surface area contributed by atoms with Crippen molar-refractivity contribution in [2.45, 2.75) is 12.7 Å². The van der Waals surface area contributed by atoms with Crippen LogP contribution in [0.2, 0.25) is 0 Å². The lowest BCUT2D eigenvalue weighted by molar-refractivity contribution is -0.380. The zero-order valence-corrected chi connectivity index (χ0v) is 12.6. The number of carbonyl (C=O) groups excluding carboxylic acids is 1. The van der Waals surface area contributed by atoms with E-state index in [2.05, 4.69) is 0 Å². The number of carbonyl (C=O) groups is 1. The lowest BCUT2D eigenvalue weighted by atomic mass is 10.1. The number of hydrogen-bond donors (Lipinski definition) is 0. The summed E-state index contributed by atoms with van der Waals surface area (Å²) in [6.07, 6.45) is -4.51. The molecule has 5 nitrogen and oxygen atoms in total. The highest BCUT2D eigenvalue weighted by molar-refractivity contribution is 7.17. The second-order valence-corrected chi connectivity index (χ2v) is 5.77. The van der Waals surface area contributed by atoms with Crippen molar-refractivity contribution in [2.75, 3.05) is 7.05 Å². The average Bonchev–Trinajstić information content (AvgIpc) is 2.95. The number of halogens is 3. The molecule has 2 aromatic rings. The molecular weight excluding hydrogens is 333 g/mol. The molecule has 0 saturated carbocycles. The summed E-state index contributed by atoms with van der Waals surface area (Å²) in [7, 11) is 1.35. The van der Waals surface area contributed by atoms with E-state index in [-0.39, 0.29) is 22.0 Å². The van der Waals surface area contributed by atoms with E-state index >= 15 is 0 Å². The molecule has 0 bridgehead atoms. The first-order chi connectivity index (χ1) is 10.7. The van der Waals surface area contributed by atoms with E-state index in [4.69, 9.17) is 0 Å². The SMILES string of the molecule is CN(Cc1ccccc1C(F)(F)F)C(=O)c1ccc([N+](=O)[O-])s1. The monoisotopic (exact) mass is 344 g/mol. The fraction of sp³-hybridized carbons (Fsp3) is 0.214. The lowest BCUT2D eigenvalue weighted by Gasteiger charge is -2.19. The summed E-state index contributed by atoms with van der Waals surface area (Å²) in [5, 5.41) is 10.4. The van der Waals surface area contributed by atoms with Crippen LogP contribution in [0.4, 0.5) is 18.2 Å². The Bertz CT molecular complexity index is 743. The normalized spacial score (nSPS) is 11.3. The van der Waals surface area contributed by atoms with Gasteiger partial charge >= 0.3 is 11.2 Å². The maximum absolute atomic E-state index is 12.9. The topological polar surface area (TPSA) is 63.5 Å². The molecule has 0 radical (unpaired) electrons. The molecule has 0 fully saturated rings. The standard InChI is InChI=1S/C14H11F3N2O3S/c1-18(13(20)11-6-7-12(23-11)19(21)22)8-9-4-2-3-5-10(9)14(15,16)17/h2-7H,8H2,1H3. The Labute approximate surface area is 133 Å². The van der Waals surface area contributed by atoms with E-state index in [1.807, 2.05) is 0 Å². The van der Waals surface area contributed by atoms with Crippen LogP contribution < -0.4 is 0 Å². The Morgan fingerprint density at radius 1 is 1.26 bits per heavy atom. The van der Waals surface area contributed by atoms with Crippen LogP contribution >= 0.6 is 11.3 Å². The van der Waals surface area contributed by atoms with Crippen molar-refractivity contribution in [1.82, 2.24) is 4.90 Å². The summed E-state index contributed by atoms with van der Waals surface area (Å²) in [5.74, 6) is -0.569. The van der Waals surface area contributed by atoms with Crippen LogP contribution in [0.5, 0.6) is 0 Å². The minimum Gasteiger partial charge on any atom is -0.337 e. The largest absolute Gasteiger partial charge is 0.416 e. The number of alkyl halides is 3. The Morgan fingerprint density at radius 2 is 1.91 bits per heavy atom. The summed E-state index contributed by atoms with van der Waals surface area (Å²) in [6, 6.07) is 7.45.